The summed E-state index contributed by atoms with van der Waals surface area (Å²) in [5, 5.41) is 0. The van der Waals surface area contributed by atoms with Gasteiger partial charge < -0.3 is 0 Å². The van der Waals surface area contributed by atoms with Gasteiger partial charge in [-0.25, -0.2) is 0 Å². The minimum absolute atomic E-state index is 0.0993. The average Bonchev–Trinajstić information content (AvgIpc) is 3.52. The van der Waals surface area contributed by atoms with Crippen LogP contribution in [0.2, 0.25) is 13.1 Å². The second-order valence-corrected chi connectivity index (χ2v) is 55.3. The van der Waals surface area contributed by atoms with E-state index in [0.29, 0.717) is 5.92 Å². The van der Waals surface area contributed by atoms with E-state index in [2.05, 4.69) is 144 Å². The summed E-state index contributed by atoms with van der Waals surface area (Å²) in [6, 6.07) is 33.1. The molecule has 0 spiro atoms. The predicted molar refractivity (Wildman–Crippen MR) is 181 cm³/mol. The number of fused-ring (bicyclic) bond motifs is 2. The monoisotopic (exact) mass is 671 g/mol. The first kappa shape index (κ1) is 29.1. The fourth-order valence-corrected chi connectivity index (χ4v) is 39.8. The van der Waals surface area contributed by atoms with Crippen molar-refractivity contribution < 1.29 is 15.6 Å². The minimum atomic E-state index is -4.76. The van der Waals surface area contributed by atoms with E-state index in [4.69, 9.17) is 17.0 Å². The van der Waals surface area contributed by atoms with E-state index in [1.54, 1.807) is 0 Å². The van der Waals surface area contributed by atoms with E-state index in [-0.39, 0.29) is 7.25 Å². The molecule has 4 heteroatoms. The first-order valence-electron chi connectivity index (χ1n) is 14.9. The fourth-order valence-electron chi connectivity index (χ4n) is 7.61. The topological polar surface area (TPSA) is 0 Å². The molecule has 41 heavy (non-hydrogen) atoms. The molecule has 0 amide bonds. The molecule has 4 aromatic carbocycles. The predicted octanol–water partition coefficient (Wildman–Crippen LogP) is 11.6. The summed E-state index contributed by atoms with van der Waals surface area (Å²) in [5.41, 5.74) is 14.4. The van der Waals surface area contributed by atoms with E-state index >= 15 is 0 Å². The van der Waals surface area contributed by atoms with Gasteiger partial charge in [-0.1, -0.05) is 0 Å². The zero-order valence-electron chi connectivity index (χ0n) is 24.9. The summed E-state index contributed by atoms with van der Waals surface area (Å²) in [5.74, 6) is -1.24. The van der Waals surface area contributed by atoms with Crippen LogP contribution in [0.4, 0.5) is 0 Å². The Hall–Kier alpha value is -1.96. The van der Waals surface area contributed by atoms with Gasteiger partial charge in [-0.15, -0.1) is 0 Å². The van der Waals surface area contributed by atoms with Crippen molar-refractivity contribution in [2.75, 3.05) is 0 Å². The number of hydrogen-bond acceptors (Lipinski definition) is 0. The Morgan fingerprint density at radius 2 is 1.24 bits per heavy atom. The Morgan fingerprint density at radius 3 is 1.83 bits per heavy atom. The quantitative estimate of drug-likeness (QED) is 0.179. The summed E-state index contributed by atoms with van der Waals surface area (Å²) < 4.78 is 0.201. The van der Waals surface area contributed by atoms with Crippen LogP contribution in [-0.4, -0.2) is 5.92 Å². The molecule has 2 aliphatic rings. The molecule has 2 aliphatic carbocycles. The second-order valence-electron chi connectivity index (χ2n) is 12.8. The summed E-state index contributed by atoms with van der Waals surface area (Å²) in [7, 11) is 17.1. The molecule has 0 bridgehead atoms. The third-order valence-corrected chi connectivity index (χ3v) is 61.6. The van der Waals surface area contributed by atoms with Crippen molar-refractivity contribution in [2.24, 2.45) is 5.92 Å². The van der Waals surface area contributed by atoms with Crippen LogP contribution < -0.4 is 0 Å². The number of halogens is 2. The van der Waals surface area contributed by atoms with E-state index in [1.165, 1.54) is 61.2 Å². The van der Waals surface area contributed by atoms with Gasteiger partial charge in [0.15, 0.2) is 0 Å². The molecule has 0 aliphatic heterocycles. The maximum atomic E-state index is 8.54. The van der Waals surface area contributed by atoms with Crippen LogP contribution >= 0.6 is 17.0 Å². The standard InChI is InChI=1S/C18H17.C17H15.C2H7Si.2ClH.Zr/c1-13(2)16-11-15-9-6-10-17(18(15)12-16)14-7-4-3-5-8-14;1-12-8-15-9-13(2)11-17(15)16(10-12)14-6-4-3-5-7-14;1-3-2;;;/h3-13H,1-2H3;3-11H,1-2H3;3H,1-2H3;2*1H;/q;;;;;+2/p-2. The van der Waals surface area contributed by atoms with Crippen molar-refractivity contribution in [1.29, 1.82) is 0 Å². The van der Waals surface area contributed by atoms with Gasteiger partial charge in [0.05, 0.1) is 0 Å². The molecular weight excluding hydrogens is 635 g/mol. The van der Waals surface area contributed by atoms with Gasteiger partial charge in [0.2, 0.25) is 0 Å². The van der Waals surface area contributed by atoms with Crippen molar-refractivity contribution in [3.63, 3.8) is 0 Å². The Balaban J connectivity index is 1.61. The molecule has 0 saturated carbocycles. The second kappa shape index (κ2) is 10.6. The zero-order chi connectivity index (χ0) is 29.1. The third kappa shape index (κ3) is 4.56. The van der Waals surface area contributed by atoms with E-state index in [1.807, 2.05) is 0 Å². The zero-order valence-corrected chi connectivity index (χ0v) is 30.0. The summed E-state index contributed by atoms with van der Waals surface area (Å²) in [6.07, 6.45) is 4.87. The normalized spacial score (nSPS) is 19.0. The Labute approximate surface area is 254 Å². The molecule has 0 fully saturated rings. The molecule has 6 rings (SSSR count). The van der Waals surface area contributed by atoms with Crippen molar-refractivity contribution in [1.82, 2.24) is 0 Å². The Kier molecular flexibility index (Phi) is 7.56. The number of rotatable bonds is 6. The van der Waals surface area contributed by atoms with Gasteiger partial charge in [0, 0.05) is 0 Å². The molecule has 0 heterocycles. The average molecular weight is 674 g/mol. The molecule has 0 aromatic heterocycles. The first-order chi connectivity index (χ1) is 19.5. The van der Waals surface area contributed by atoms with Gasteiger partial charge in [-0.2, -0.15) is 0 Å². The molecular formula is C37H39Cl2SiZr. The van der Waals surface area contributed by atoms with Crippen LogP contribution in [0.25, 0.3) is 34.4 Å². The first-order valence-corrected chi connectivity index (χ1v) is 31.2. The van der Waals surface area contributed by atoms with E-state index in [0.717, 1.165) is 0 Å². The molecule has 2 atom stereocenters. The third-order valence-electron chi connectivity index (χ3n) is 9.63. The van der Waals surface area contributed by atoms with Crippen LogP contribution in [0.3, 0.4) is 0 Å². The summed E-state index contributed by atoms with van der Waals surface area (Å²) >= 11 is -4.76. The number of benzene rings is 4. The number of aryl methyl sites for hydroxylation is 1. The Bertz CT molecular complexity index is 1700. The van der Waals surface area contributed by atoms with Crippen LogP contribution in [0.15, 0.2) is 102 Å². The van der Waals surface area contributed by atoms with Crippen molar-refractivity contribution in [3.05, 3.63) is 130 Å². The SMILES string of the molecule is CC1=Cc2c(-c3ccccc3)cc(C)cc2[CH]1[Zr]([Cl])([Cl])([CH]1C(C(C)C)=Cc2c(-c3ccccc3)cccc21)[SiH](C)C. The van der Waals surface area contributed by atoms with Crippen LogP contribution in [0.5, 0.6) is 0 Å². The fraction of sp³-hybridized carbons (Fsp3) is 0.243. The van der Waals surface area contributed by atoms with Crippen molar-refractivity contribution in [2.45, 2.75) is 48.0 Å². The van der Waals surface area contributed by atoms with Gasteiger partial charge in [0.1, 0.15) is 0 Å². The summed E-state index contributed by atoms with van der Waals surface area (Å²) in [6.45, 7) is 14.0. The molecule has 209 valence electrons. The van der Waals surface area contributed by atoms with Gasteiger partial charge in [-0.3, -0.25) is 0 Å². The molecule has 0 saturated heterocycles. The number of allylic oxidation sites excluding steroid dienone is 2. The molecule has 4 aromatic rings. The molecule has 0 nitrogen and oxygen atoms in total. The van der Waals surface area contributed by atoms with Gasteiger partial charge in [0.25, 0.3) is 0 Å². The molecule has 0 N–H and O–H groups in total. The van der Waals surface area contributed by atoms with Gasteiger partial charge >= 0.3 is 257 Å². The molecule has 0 radical (unpaired) electrons. The van der Waals surface area contributed by atoms with Gasteiger partial charge in [-0.05, 0) is 0 Å². The van der Waals surface area contributed by atoms with Crippen LogP contribution in [-0.2, 0) is 15.6 Å². The van der Waals surface area contributed by atoms with E-state index in [9.17, 15) is 0 Å². The van der Waals surface area contributed by atoms with Crippen LogP contribution in [0.1, 0.15) is 55.8 Å². The maximum absolute atomic E-state index is 8.54. The Morgan fingerprint density at radius 1 is 0.659 bits per heavy atom. The summed E-state index contributed by atoms with van der Waals surface area (Å²) in [4.78, 5) is 0. The van der Waals surface area contributed by atoms with Crippen molar-refractivity contribution in [3.8, 4) is 22.3 Å². The number of hydrogen-bond donors (Lipinski definition) is 0. The van der Waals surface area contributed by atoms with Crippen molar-refractivity contribution >= 4 is 35.1 Å². The molecule has 2 unspecified atom stereocenters. The van der Waals surface area contributed by atoms with E-state index < -0.39 is 21.5 Å². The van der Waals surface area contributed by atoms with Crippen LogP contribution in [0, 0.1) is 12.8 Å².